The lowest BCUT2D eigenvalue weighted by molar-refractivity contribution is 0.103. The molecule has 3 heteroatoms. The van der Waals surface area contributed by atoms with Crippen molar-refractivity contribution in [3.63, 3.8) is 0 Å². The minimum absolute atomic E-state index is 0.0352. The van der Waals surface area contributed by atoms with E-state index in [1.165, 1.54) is 31.7 Å². The average Bonchev–Trinajstić information content (AvgIpc) is 2.60. The number of aryl methyl sites for hydroxylation is 1. The molecule has 0 heterocycles. The topological polar surface area (TPSA) is 46.5 Å². The summed E-state index contributed by atoms with van der Waals surface area (Å²) in [4.78, 5) is 12.5. The number of aromatic hydroxyl groups is 1. The number of benzene rings is 2. The molecule has 0 aliphatic heterocycles. The van der Waals surface area contributed by atoms with E-state index < -0.39 is 0 Å². The van der Waals surface area contributed by atoms with Crippen LogP contribution in [0.1, 0.15) is 66.9 Å². The minimum atomic E-state index is -0.177. The van der Waals surface area contributed by atoms with E-state index in [0.717, 1.165) is 18.4 Å². The molecular formula is C22H28O3. The number of unbranched alkanes of at least 4 members (excludes halogenated alkanes) is 5. The van der Waals surface area contributed by atoms with E-state index in [9.17, 15) is 9.90 Å². The van der Waals surface area contributed by atoms with Crippen molar-refractivity contribution >= 4 is 5.78 Å². The fraction of sp³-hybridized carbons (Fsp3) is 0.409. The van der Waals surface area contributed by atoms with Gasteiger partial charge in [0.05, 0.1) is 12.2 Å². The van der Waals surface area contributed by atoms with Crippen LogP contribution in [0.2, 0.25) is 0 Å². The van der Waals surface area contributed by atoms with E-state index in [1.54, 1.807) is 18.2 Å². The maximum absolute atomic E-state index is 12.5. The number of ketones is 1. The van der Waals surface area contributed by atoms with Gasteiger partial charge in [0.25, 0.3) is 0 Å². The van der Waals surface area contributed by atoms with Crippen molar-refractivity contribution in [3.05, 3.63) is 59.2 Å². The van der Waals surface area contributed by atoms with Gasteiger partial charge in [0.2, 0.25) is 0 Å². The van der Waals surface area contributed by atoms with Crippen molar-refractivity contribution in [2.75, 3.05) is 6.61 Å². The third kappa shape index (κ3) is 5.93. The Morgan fingerprint density at radius 3 is 2.48 bits per heavy atom. The fourth-order valence-corrected chi connectivity index (χ4v) is 2.81. The van der Waals surface area contributed by atoms with Gasteiger partial charge in [0, 0.05) is 11.6 Å². The van der Waals surface area contributed by atoms with Gasteiger partial charge in [-0.1, -0.05) is 62.8 Å². The molecule has 0 aromatic heterocycles. The second-order valence-electron chi connectivity index (χ2n) is 6.49. The van der Waals surface area contributed by atoms with Crippen molar-refractivity contribution in [1.82, 2.24) is 0 Å². The first-order chi connectivity index (χ1) is 12.1. The minimum Gasteiger partial charge on any atom is -0.507 e. The third-order valence-electron chi connectivity index (χ3n) is 4.26. The lowest BCUT2D eigenvalue weighted by Gasteiger charge is -2.09. The van der Waals surface area contributed by atoms with Crippen LogP contribution in [0.15, 0.2) is 42.5 Å². The molecular weight excluding hydrogens is 312 g/mol. The van der Waals surface area contributed by atoms with Gasteiger partial charge in [-0.15, -0.1) is 0 Å². The van der Waals surface area contributed by atoms with Gasteiger partial charge in [-0.3, -0.25) is 4.79 Å². The Balaban J connectivity index is 1.89. The number of ether oxygens (including phenoxy) is 1. The molecule has 1 N–H and O–H groups in total. The highest BCUT2D eigenvalue weighted by molar-refractivity contribution is 6.10. The highest BCUT2D eigenvalue weighted by Crippen LogP contribution is 2.26. The Hall–Kier alpha value is -2.29. The van der Waals surface area contributed by atoms with Crippen LogP contribution in [0.25, 0.3) is 0 Å². The Labute approximate surface area is 150 Å². The smallest absolute Gasteiger partial charge is 0.196 e. The second-order valence-corrected chi connectivity index (χ2v) is 6.49. The zero-order valence-electron chi connectivity index (χ0n) is 15.3. The predicted molar refractivity (Wildman–Crippen MR) is 102 cm³/mol. The summed E-state index contributed by atoms with van der Waals surface area (Å²) in [6.07, 6.45) is 7.25. The summed E-state index contributed by atoms with van der Waals surface area (Å²) in [6.45, 7) is 4.79. The average molecular weight is 340 g/mol. The number of rotatable bonds is 10. The normalized spacial score (nSPS) is 10.6. The standard InChI is InChI=1S/C22H28O3/c1-3-4-5-6-7-8-14-25-19-12-13-20(21(23)16-19)22(24)18-11-9-10-17(2)15-18/h9-13,15-16,23H,3-8,14H2,1-2H3. The van der Waals surface area contributed by atoms with Crippen LogP contribution in [0.3, 0.4) is 0 Å². The van der Waals surface area contributed by atoms with Gasteiger partial charge >= 0.3 is 0 Å². The van der Waals surface area contributed by atoms with Crippen molar-refractivity contribution in [3.8, 4) is 11.5 Å². The van der Waals surface area contributed by atoms with E-state index in [4.69, 9.17) is 4.74 Å². The van der Waals surface area contributed by atoms with Gasteiger partial charge in [-0.25, -0.2) is 0 Å². The maximum Gasteiger partial charge on any atom is 0.196 e. The maximum atomic E-state index is 12.5. The van der Waals surface area contributed by atoms with Gasteiger partial charge < -0.3 is 9.84 Å². The number of carbonyl (C=O) groups excluding carboxylic acids is 1. The summed E-state index contributed by atoms with van der Waals surface area (Å²) in [6, 6.07) is 12.3. The molecule has 0 radical (unpaired) electrons. The quantitative estimate of drug-likeness (QED) is 0.448. The zero-order valence-corrected chi connectivity index (χ0v) is 15.3. The molecule has 0 aliphatic carbocycles. The monoisotopic (exact) mass is 340 g/mol. The van der Waals surface area contributed by atoms with E-state index in [-0.39, 0.29) is 11.5 Å². The largest absolute Gasteiger partial charge is 0.507 e. The van der Waals surface area contributed by atoms with Crippen molar-refractivity contribution in [1.29, 1.82) is 0 Å². The Bertz CT molecular complexity index is 691. The molecule has 2 aromatic rings. The fourth-order valence-electron chi connectivity index (χ4n) is 2.81. The molecule has 2 aromatic carbocycles. The molecule has 0 saturated carbocycles. The van der Waals surface area contributed by atoms with E-state index >= 15 is 0 Å². The van der Waals surface area contributed by atoms with Crippen LogP contribution >= 0.6 is 0 Å². The summed E-state index contributed by atoms with van der Waals surface area (Å²) in [5.41, 5.74) is 1.90. The number of carbonyl (C=O) groups is 1. The van der Waals surface area contributed by atoms with E-state index in [2.05, 4.69) is 6.92 Å². The van der Waals surface area contributed by atoms with Gasteiger partial charge in [-0.2, -0.15) is 0 Å². The molecule has 0 atom stereocenters. The summed E-state index contributed by atoms with van der Waals surface area (Å²) < 4.78 is 5.68. The van der Waals surface area contributed by atoms with Crippen LogP contribution in [0, 0.1) is 6.92 Å². The third-order valence-corrected chi connectivity index (χ3v) is 4.26. The molecule has 0 bridgehead atoms. The van der Waals surface area contributed by atoms with Crippen LogP contribution < -0.4 is 4.74 Å². The van der Waals surface area contributed by atoms with Gasteiger partial charge in [0.1, 0.15) is 11.5 Å². The zero-order chi connectivity index (χ0) is 18.1. The second kappa shape index (κ2) is 9.87. The van der Waals surface area contributed by atoms with E-state index in [1.807, 2.05) is 25.1 Å². The summed E-state index contributed by atoms with van der Waals surface area (Å²) >= 11 is 0. The summed E-state index contributed by atoms with van der Waals surface area (Å²) in [5, 5.41) is 10.2. The number of phenolic OH excluding ortho intramolecular Hbond substituents is 1. The molecule has 0 unspecified atom stereocenters. The molecule has 25 heavy (non-hydrogen) atoms. The number of phenols is 1. The molecule has 134 valence electrons. The molecule has 3 nitrogen and oxygen atoms in total. The highest BCUT2D eigenvalue weighted by atomic mass is 16.5. The Morgan fingerprint density at radius 2 is 1.76 bits per heavy atom. The number of hydrogen-bond acceptors (Lipinski definition) is 3. The summed E-state index contributed by atoms with van der Waals surface area (Å²) in [5.74, 6) is 0.391. The molecule has 0 amide bonds. The van der Waals surface area contributed by atoms with E-state index in [0.29, 0.717) is 23.5 Å². The first kappa shape index (κ1) is 19.0. The first-order valence-corrected chi connectivity index (χ1v) is 9.19. The molecule has 0 saturated heterocycles. The molecule has 2 rings (SSSR count). The van der Waals surface area contributed by atoms with Crippen molar-refractivity contribution < 1.29 is 14.6 Å². The Morgan fingerprint density at radius 1 is 1.00 bits per heavy atom. The number of hydrogen-bond donors (Lipinski definition) is 1. The van der Waals surface area contributed by atoms with Crippen LogP contribution in [0.5, 0.6) is 11.5 Å². The van der Waals surface area contributed by atoms with Crippen molar-refractivity contribution in [2.45, 2.75) is 52.4 Å². The lowest BCUT2D eigenvalue weighted by atomic mass is 10.0. The van der Waals surface area contributed by atoms with Crippen LogP contribution in [-0.2, 0) is 0 Å². The SMILES string of the molecule is CCCCCCCCOc1ccc(C(=O)c2cccc(C)c2)c(O)c1. The summed E-state index contributed by atoms with van der Waals surface area (Å²) in [7, 11) is 0. The lowest BCUT2D eigenvalue weighted by Crippen LogP contribution is -2.03. The van der Waals surface area contributed by atoms with Gasteiger partial charge in [-0.05, 0) is 31.5 Å². The van der Waals surface area contributed by atoms with Crippen LogP contribution in [-0.4, -0.2) is 17.5 Å². The molecule has 0 aliphatic rings. The predicted octanol–water partition coefficient (Wildman–Crippen LogP) is 5.67. The Kier molecular flexibility index (Phi) is 7.52. The molecule has 0 fully saturated rings. The molecule has 0 spiro atoms. The first-order valence-electron chi connectivity index (χ1n) is 9.19. The van der Waals surface area contributed by atoms with Crippen molar-refractivity contribution in [2.24, 2.45) is 0 Å². The highest BCUT2D eigenvalue weighted by Gasteiger charge is 2.14. The van der Waals surface area contributed by atoms with Crippen LogP contribution in [0.4, 0.5) is 0 Å². The van der Waals surface area contributed by atoms with Gasteiger partial charge in [0.15, 0.2) is 5.78 Å².